The van der Waals surface area contributed by atoms with E-state index in [2.05, 4.69) is 10.3 Å². The molecule has 30 heavy (non-hydrogen) atoms. The molecule has 0 aliphatic rings. The number of halogens is 3. The maximum absolute atomic E-state index is 13.1. The van der Waals surface area contributed by atoms with Crippen LogP contribution >= 0.6 is 11.8 Å². The maximum Gasteiger partial charge on any atom is 0.417 e. The van der Waals surface area contributed by atoms with Gasteiger partial charge in [0.2, 0.25) is 0 Å². The third-order valence-corrected chi connectivity index (χ3v) is 5.79. The van der Waals surface area contributed by atoms with Gasteiger partial charge in [0, 0.05) is 49.8 Å². The first-order chi connectivity index (χ1) is 14.1. The fourth-order valence-electron chi connectivity index (χ4n) is 3.31. The third-order valence-electron chi connectivity index (χ3n) is 4.86. The number of pyridine rings is 1. The molecule has 160 valence electrons. The minimum Gasteiger partial charge on any atom is -0.373 e. The number of aryl methyl sites for hydroxylation is 2. The molecule has 1 aromatic carbocycles. The van der Waals surface area contributed by atoms with Crippen molar-refractivity contribution in [1.29, 1.82) is 0 Å². The van der Waals surface area contributed by atoms with Crippen LogP contribution in [-0.4, -0.2) is 32.7 Å². The molecule has 1 N–H and O–H groups in total. The summed E-state index contributed by atoms with van der Waals surface area (Å²) in [6.07, 6.45) is -4.07. The average Bonchev–Trinajstić information content (AvgIpc) is 2.90. The van der Waals surface area contributed by atoms with Crippen LogP contribution in [0.5, 0.6) is 0 Å². The zero-order valence-corrected chi connectivity index (χ0v) is 17.7. The number of anilines is 1. The van der Waals surface area contributed by atoms with Crippen LogP contribution in [0, 0.1) is 0 Å². The summed E-state index contributed by atoms with van der Waals surface area (Å²) in [5.74, 6) is 0.565. The molecule has 0 aliphatic heterocycles. The second-order valence-electron chi connectivity index (χ2n) is 6.75. The number of carbonyl (C=O) groups excluding carboxylic acids is 1. The number of alkyl halides is 3. The monoisotopic (exact) mass is 438 g/mol. The van der Waals surface area contributed by atoms with Gasteiger partial charge in [0.05, 0.1) is 16.6 Å². The minimum absolute atomic E-state index is 0.159. The van der Waals surface area contributed by atoms with Gasteiger partial charge in [0.15, 0.2) is 5.78 Å². The smallest absolute Gasteiger partial charge is 0.373 e. The topological polar surface area (TPSA) is 68.9 Å². The van der Waals surface area contributed by atoms with E-state index >= 15 is 0 Å². The minimum atomic E-state index is -4.55. The van der Waals surface area contributed by atoms with E-state index < -0.39 is 11.7 Å². The maximum atomic E-state index is 13.1. The molecule has 0 aliphatic carbocycles. The van der Waals surface area contributed by atoms with Gasteiger partial charge in [-0.15, -0.1) is 11.8 Å². The summed E-state index contributed by atoms with van der Waals surface area (Å²) >= 11 is 1.44. The third kappa shape index (κ3) is 3.96. The Morgan fingerprint density at radius 3 is 2.37 bits per heavy atom. The number of aromatic nitrogens is 3. The summed E-state index contributed by atoms with van der Waals surface area (Å²) in [5, 5.41) is 2.74. The number of fused-ring (bicyclic) bond motifs is 1. The van der Waals surface area contributed by atoms with Gasteiger partial charge in [-0.05, 0) is 24.0 Å². The van der Waals surface area contributed by atoms with Crippen LogP contribution in [0.2, 0.25) is 0 Å². The number of benzene rings is 1. The van der Waals surface area contributed by atoms with Gasteiger partial charge in [0.25, 0.3) is 0 Å². The molecule has 0 fully saturated rings. The fourth-order valence-corrected chi connectivity index (χ4v) is 4.15. The molecule has 0 spiro atoms. The highest BCUT2D eigenvalue weighted by Gasteiger charge is 2.32. The number of nitrogens with zero attached hydrogens (tertiary/aromatic N) is 3. The second-order valence-corrected chi connectivity index (χ2v) is 8.06. The van der Waals surface area contributed by atoms with E-state index in [-0.39, 0.29) is 29.3 Å². The van der Waals surface area contributed by atoms with Crippen LogP contribution in [0.1, 0.15) is 28.4 Å². The van der Waals surface area contributed by atoms with Crippen LogP contribution in [0.3, 0.4) is 0 Å². The van der Waals surface area contributed by atoms with E-state index in [4.69, 9.17) is 0 Å². The van der Waals surface area contributed by atoms with E-state index in [0.717, 1.165) is 12.3 Å². The number of imidazole rings is 1. The normalized spacial score (nSPS) is 11.8. The van der Waals surface area contributed by atoms with Gasteiger partial charge >= 0.3 is 11.9 Å². The van der Waals surface area contributed by atoms with Crippen molar-refractivity contribution in [3.05, 3.63) is 51.6 Å². The molecule has 0 amide bonds. The Morgan fingerprint density at radius 1 is 1.17 bits per heavy atom. The Balaban J connectivity index is 2.10. The van der Waals surface area contributed by atoms with E-state index in [9.17, 15) is 22.8 Å². The van der Waals surface area contributed by atoms with Crippen molar-refractivity contribution in [2.75, 3.05) is 18.1 Å². The van der Waals surface area contributed by atoms with E-state index in [1.807, 2.05) is 6.92 Å². The highest BCUT2D eigenvalue weighted by molar-refractivity contribution is 7.99. The molecular weight excluding hydrogens is 417 g/mol. The van der Waals surface area contributed by atoms with Gasteiger partial charge in [-0.25, -0.2) is 9.78 Å². The van der Waals surface area contributed by atoms with E-state index in [1.165, 1.54) is 27.9 Å². The lowest BCUT2D eigenvalue weighted by atomic mass is 10.0. The quantitative estimate of drug-likeness (QED) is 0.467. The molecule has 2 heterocycles. The van der Waals surface area contributed by atoms with Crippen LogP contribution in [0.4, 0.5) is 19.0 Å². The zero-order valence-electron chi connectivity index (χ0n) is 16.9. The molecule has 6 nitrogen and oxygen atoms in total. The number of nitrogens with one attached hydrogen (secondary N) is 1. The molecule has 3 aromatic rings. The number of rotatable bonds is 6. The van der Waals surface area contributed by atoms with Gasteiger partial charge in [0.1, 0.15) is 5.82 Å². The van der Waals surface area contributed by atoms with Gasteiger partial charge in [-0.3, -0.25) is 13.9 Å². The second kappa shape index (κ2) is 8.17. The number of Topliss-reactive ketones (excluding diaryl/α,β-unsaturated/α-hetero) is 1. The molecule has 0 unspecified atom stereocenters. The lowest BCUT2D eigenvalue weighted by molar-refractivity contribution is -0.137. The van der Waals surface area contributed by atoms with Crippen molar-refractivity contribution >= 4 is 34.4 Å². The summed E-state index contributed by atoms with van der Waals surface area (Å²) in [5.41, 5.74) is 0.672. The van der Waals surface area contributed by atoms with Crippen molar-refractivity contribution in [3.63, 3.8) is 0 Å². The van der Waals surface area contributed by atoms with E-state index in [1.54, 1.807) is 26.2 Å². The summed E-state index contributed by atoms with van der Waals surface area (Å²) in [7, 11) is 4.80. The highest BCUT2D eigenvalue weighted by Crippen LogP contribution is 2.32. The van der Waals surface area contributed by atoms with Gasteiger partial charge in [-0.2, -0.15) is 13.2 Å². The van der Waals surface area contributed by atoms with E-state index in [0.29, 0.717) is 27.2 Å². The largest absolute Gasteiger partial charge is 0.417 e. The lowest BCUT2D eigenvalue weighted by Crippen LogP contribution is -2.19. The summed E-state index contributed by atoms with van der Waals surface area (Å²) in [6, 6.07) is 4.36. The van der Waals surface area contributed by atoms with Gasteiger partial charge in [-0.1, -0.05) is 6.92 Å². The average molecular weight is 438 g/mol. The molecule has 0 atom stereocenters. The molecule has 2 aromatic heterocycles. The van der Waals surface area contributed by atoms with Crippen molar-refractivity contribution in [1.82, 2.24) is 14.1 Å². The Hall–Kier alpha value is -2.75. The Kier molecular flexibility index (Phi) is 5.98. The standard InChI is InChI=1S/C20H21F3N4O2S/c1-5-30-17-9-15-14(26(3)19(29)27(15)4)8-13(17)16(28)7-11-6-12(20(21,22)23)10-25-18(11)24-2/h6,8-10H,5,7H2,1-4H3,(H,24,25). The first kappa shape index (κ1) is 21.9. The molecule has 10 heteroatoms. The molecule has 0 saturated heterocycles. The van der Waals surface area contributed by atoms with Crippen molar-refractivity contribution in [2.24, 2.45) is 14.1 Å². The number of carbonyl (C=O) groups is 1. The number of ketones is 1. The fraction of sp³-hybridized carbons (Fsp3) is 0.350. The lowest BCUT2D eigenvalue weighted by Gasteiger charge is -2.13. The zero-order chi connectivity index (χ0) is 22.2. The van der Waals surface area contributed by atoms with Crippen molar-refractivity contribution in [3.8, 4) is 0 Å². The molecule has 0 bridgehead atoms. The summed E-state index contributed by atoms with van der Waals surface area (Å²) in [4.78, 5) is 29.9. The van der Waals surface area contributed by atoms with Crippen LogP contribution in [0.25, 0.3) is 11.0 Å². The SMILES string of the molecule is CCSc1cc2c(cc1C(=O)Cc1cc(C(F)(F)F)cnc1NC)n(C)c(=O)n2C. The summed E-state index contributed by atoms with van der Waals surface area (Å²) < 4.78 is 42.3. The molecule has 0 saturated carbocycles. The molecular formula is C20H21F3N4O2S. The van der Waals surface area contributed by atoms with Crippen molar-refractivity contribution in [2.45, 2.75) is 24.4 Å². The number of thioether (sulfide) groups is 1. The highest BCUT2D eigenvalue weighted by atomic mass is 32.2. The Labute approximate surface area is 175 Å². The van der Waals surface area contributed by atoms with Crippen molar-refractivity contribution < 1.29 is 18.0 Å². The first-order valence-corrected chi connectivity index (χ1v) is 10.2. The van der Waals surface area contributed by atoms with Gasteiger partial charge < -0.3 is 5.32 Å². The first-order valence-electron chi connectivity index (χ1n) is 9.17. The molecule has 0 radical (unpaired) electrons. The van der Waals surface area contributed by atoms with Crippen LogP contribution in [-0.2, 0) is 26.7 Å². The predicted molar refractivity (Wildman–Crippen MR) is 111 cm³/mol. The Bertz CT molecular complexity index is 1180. The number of hydrogen-bond donors (Lipinski definition) is 1. The number of hydrogen-bond acceptors (Lipinski definition) is 5. The van der Waals surface area contributed by atoms with Crippen LogP contribution < -0.4 is 11.0 Å². The van der Waals surface area contributed by atoms with Crippen LogP contribution in [0.15, 0.2) is 34.1 Å². The predicted octanol–water partition coefficient (Wildman–Crippen LogP) is 3.87. The molecule has 3 rings (SSSR count). The Morgan fingerprint density at radius 2 is 1.80 bits per heavy atom. The summed E-state index contributed by atoms with van der Waals surface area (Å²) in [6.45, 7) is 1.93.